The van der Waals surface area contributed by atoms with E-state index >= 15 is 0 Å². The van der Waals surface area contributed by atoms with Crippen molar-refractivity contribution in [2.24, 2.45) is 0 Å². The van der Waals surface area contributed by atoms with Gasteiger partial charge in [0.15, 0.2) is 5.78 Å². The normalized spacial score (nSPS) is 14.6. The van der Waals surface area contributed by atoms with E-state index in [2.05, 4.69) is 0 Å². The van der Waals surface area contributed by atoms with Gasteiger partial charge in [0, 0.05) is 18.1 Å². The monoisotopic (exact) mass is 218 g/mol. The molecule has 0 saturated heterocycles. The van der Waals surface area contributed by atoms with Crippen LogP contribution < -0.4 is 0 Å². The molecule has 0 atom stereocenters. The van der Waals surface area contributed by atoms with Crippen molar-refractivity contribution < 1.29 is 15.0 Å². The fourth-order valence-corrected chi connectivity index (χ4v) is 2.15. The van der Waals surface area contributed by atoms with Crippen molar-refractivity contribution in [1.29, 1.82) is 0 Å². The van der Waals surface area contributed by atoms with Crippen molar-refractivity contribution in [2.45, 2.75) is 26.2 Å². The van der Waals surface area contributed by atoms with Gasteiger partial charge in [0.1, 0.15) is 11.5 Å². The third kappa shape index (κ3) is 1.81. The van der Waals surface area contributed by atoms with Gasteiger partial charge in [-0.15, -0.1) is 0 Å². The smallest absolute Gasteiger partial charge is 0.160 e. The van der Waals surface area contributed by atoms with Crippen LogP contribution in [-0.2, 0) is 11.2 Å². The van der Waals surface area contributed by atoms with Gasteiger partial charge in [0.05, 0.1) is 0 Å². The van der Waals surface area contributed by atoms with E-state index in [1.165, 1.54) is 6.07 Å². The minimum atomic E-state index is 0.00167. The molecule has 0 amide bonds. The quantitative estimate of drug-likeness (QED) is 0.801. The lowest BCUT2D eigenvalue weighted by molar-refractivity contribution is -0.114. The van der Waals surface area contributed by atoms with Gasteiger partial charge in [-0.3, -0.25) is 4.79 Å². The fraction of sp³-hybridized carbons (Fsp3) is 0.308. The van der Waals surface area contributed by atoms with Crippen LogP contribution in [0.1, 0.15) is 30.9 Å². The SMILES string of the molecule is CCCC1=CC(=O)Cc2cc(O)cc(O)c21. The van der Waals surface area contributed by atoms with E-state index in [0.29, 0.717) is 5.56 Å². The molecule has 1 aromatic rings. The lowest BCUT2D eigenvalue weighted by Gasteiger charge is -2.18. The van der Waals surface area contributed by atoms with Gasteiger partial charge < -0.3 is 10.2 Å². The molecule has 1 aliphatic carbocycles. The number of fused-ring (bicyclic) bond motifs is 1. The number of rotatable bonds is 2. The maximum atomic E-state index is 11.5. The maximum absolute atomic E-state index is 11.5. The van der Waals surface area contributed by atoms with Crippen molar-refractivity contribution in [3.8, 4) is 11.5 Å². The second-order valence-electron chi connectivity index (χ2n) is 4.06. The first-order valence-corrected chi connectivity index (χ1v) is 5.40. The first kappa shape index (κ1) is 10.7. The van der Waals surface area contributed by atoms with Crippen molar-refractivity contribution in [3.63, 3.8) is 0 Å². The number of aromatic hydroxyl groups is 2. The van der Waals surface area contributed by atoms with Gasteiger partial charge in [-0.1, -0.05) is 13.3 Å². The Bertz CT molecular complexity index is 472. The lowest BCUT2D eigenvalue weighted by Crippen LogP contribution is -2.09. The van der Waals surface area contributed by atoms with Crippen molar-refractivity contribution in [1.82, 2.24) is 0 Å². The molecule has 1 aliphatic rings. The Morgan fingerprint density at radius 2 is 2.06 bits per heavy atom. The average Bonchev–Trinajstić information content (AvgIpc) is 2.15. The lowest BCUT2D eigenvalue weighted by atomic mass is 9.87. The molecule has 0 bridgehead atoms. The number of phenolic OH excluding ortho intramolecular Hbond substituents is 2. The van der Waals surface area contributed by atoms with Crippen LogP contribution >= 0.6 is 0 Å². The summed E-state index contributed by atoms with van der Waals surface area (Å²) in [7, 11) is 0. The van der Waals surface area contributed by atoms with E-state index in [1.54, 1.807) is 12.1 Å². The predicted molar refractivity (Wildman–Crippen MR) is 61.4 cm³/mol. The number of phenols is 2. The molecule has 0 radical (unpaired) electrons. The summed E-state index contributed by atoms with van der Waals surface area (Å²) < 4.78 is 0. The number of ketones is 1. The minimum absolute atomic E-state index is 0.00167. The number of carbonyl (C=O) groups is 1. The van der Waals surface area contributed by atoms with Gasteiger partial charge in [0.2, 0.25) is 0 Å². The Labute approximate surface area is 94.0 Å². The molecule has 0 aromatic heterocycles. The maximum Gasteiger partial charge on any atom is 0.160 e. The third-order valence-electron chi connectivity index (χ3n) is 2.72. The van der Waals surface area contributed by atoms with Crippen LogP contribution in [0.25, 0.3) is 5.57 Å². The molecular formula is C13H14O3. The van der Waals surface area contributed by atoms with E-state index in [0.717, 1.165) is 24.0 Å². The van der Waals surface area contributed by atoms with Crippen molar-refractivity contribution in [2.75, 3.05) is 0 Å². The van der Waals surface area contributed by atoms with Gasteiger partial charge >= 0.3 is 0 Å². The van der Waals surface area contributed by atoms with Gasteiger partial charge in [-0.05, 0) is 29.7 Å². The summed E-state index contributed by atoms with van der Waals surface area (Å²) in [6, 6.07) is 2.87. The molecule has 0 heterocycles. The summed E-state index contributed by atoms with van der Waals surface area (Å²) in [6.45, 7) is 2.02. The van der Waals surface area contributed by atoms with E-state index in [-0.39, 0.29) is 23.7 Å². The largest absolute Gasteiger partial charge is 0.508 e. The molecule has 84 valence electrons. The molecule has 3 heteroatoms. The van der Waals surface area contributed by atoms with Crippen LogP contribution in [0, 0.1) is 0 Å². The Morgan fingerprint density at radius 3 is 2.75 bits per heavy atom. The second kappa shape index (κ2) is 4.00. The second-order valence-corrected chi connectivity index (χ2v) is 4.06. The average molecular weight is 218 g/mol. The third-order valence-corrected chi connectivity index (χ3v) is 2.72. The zero-order valence-corrected chi connectivity index (χ0v) is 9.16. The molecule has 0 spiro atoms. The van der Waals surface area contributed by atoms with E-state index in [1.807, 2.05) is 6.92 Å². The number of hydrogen-bond acceptors (Lipinski definition) is 3. The summed E-state index contributed by atoms with van der Waals surface area (Å²) in [6.07, 6.45) is 3.53. The van der Waals surface area contributed by atoms with E-state index < -0.39 is 0 Å². The molecule has 1 aromatic carbocycles. The minimum Gasteiger partial charge on any atom is -0.508 e. The van der Waals surface area contributed by atoms with Gasteiger partial charge in [-0.25, -0.2) is 0 Å². The number of carbonyl (C=O) groups excluding carboxylic acids is 1. The molecule has 0 fully saturated rings. The molecular weight excluding hydrogens is 204 g/mol. The fourth-order valence-electron chi connectivity index (χ4n) is 2.15. The van der Waals surface area contributed by atoms with Crippen LogP contribution in [0.15, 0.2) is 18.2 Å². The summed E-state index contributed by atoms with van der Waals surface area (Å²) in [4.78, 5) is 11.5. The highest BCUT2D eigenvalue weighted by Crippen LogP contribution is 2.37. The summed E-state index contributed by atoms with van der Waals surface area (Å²) in [5.41, 5.74) is 2.30. The summed E-state index contributed by atoms with van der Waals surface area (Å²) in [5.74, 6) is 0.0879. The molecule has 2 N–H and O–H groups in total. The van der Waals surface area contributed by atoms with Crippen LogP contribution in [-0.4, -0.2) is 16.0 Å². The van der Waals surface area contributed by atoms with Crippen molar-refractivity contribution >= 4 is 11.4 Å². The highest BCUT2D eigenvalue weighted by Gasteiger charge is 2.20. The Kier molecular flexibility index (Phi) is 2.69. The van der Waals surface area contributed by atoms with Gasteiger partial charge in [-0.2, -0.15) is 0 Å². The predicted octanol–water partition coefficient (Wildman–Crippen LogP) is 2.41. The Hall–Kier alpha value is -1.77. The first-order chi connectivity index (χ1) is 7.61. The zero-order valence-electron chi connectivity index (χ0n) is 9.16. The molecule has 16 heavy (non-hydrogen) atoms. The van der Waals surface area contributed by atoms with Crippen LogP contribution in [0.4, 0.5) is 0 Å². The molecule has 3 nitrogen and oxygen atoms in total. The van der Waals surface area contributed by atoms with Gasteiger partial charge in [0.25, 0.3) is 0 Å². The molecule has 2 rings (SSSR count). The number of hydrogen-bond donors (Lipinski definition) is 2. The first-order valence-electron chi connectivity index (χ1n) is 5.40. The highest BCUT2D eigenvalue weighted by molar-refractivity contribution is 6.02. The Morgan fingerprint density at radius 1 is 1.31 bits per heavy atom. The van der Waals surface area contributed by atoms with E-state index in [4.69, 9.17) is 0 Å². The van der Waals surface area contributed by atoms with Crippen LogP contribution in [0.5, 0.6) is 11.5 Å². The summed E-state index contributed by atoms with van der Waals surface area (Å²) >= 11 is 0. The zero-order chi connectivity index (χ0) is 11.7. The van der Waals surface area contributed by atoms with Crippen molar-refractivity contribution in [3.05, 3.63) is 29.3 Å². The number of allylic oxidation sites excluding steroid dienone is 2. The topological polar surface area (TPSA) is 57.5 Å². The Balaban J connectivity index is 2.57. The number of benzene rings is 1. The molecule has 0 saturated carbocycles. The van der Waals surface area contributed by atoms with Crippen LogP contribution in [0.3, 0.4) is 0 Å². The molecule has 0 unspecified atom stereocenters. The van der Waals surface area contributed by atoms with Crippen LogP contribution in [0.2, 0.25) is 0 Å². The standard InChI is InChI=1S/C13H14O3/c1-2-3-8-4-10(14)5-9-6-11(15)7-12(16)13(8)9/h4,6-7,15-16H,2-3,5H2,1H3. The highest BCUT2D eigenvalue weighted by atomic mass is 16.3. The molecule has 0 aliphatic heterocycles. The summed E-state index contributed by atoms with van der Waals surface area (Å²) in [5, 5.41) is 19.2. The van der Waals surface area contributed by atoms with E-state index in [9.17, 15) is 15.0 Å².